The van der Waals surface area contributed by atoms with Gasteiger partial charge in [0, 0.05) is 12.5 Å². The monoisotopic (exact) mass is 220 g/mol. The maximum Gasteiger partial charge on any atom is 0.0922 e. The summed E-state index contributed by atoms with van der Waals surface area (Å²) in [5, 5.41) is 10.7. The van der Waals surface area contributed by atoms with Gasteiger partial charge in [0.2, 0.25) is 0 Å². The number of hydrogen-bond donors (Lipinski definition) is 1. The van der Waals surface area contributed by atoms with E-state index in [2.05, 4.69) is 19.9 Å². The Balaban J connectivity index is 2.38. The highest BCUT2D eigenvalue weighted by atomic mass is 16.5. The Morgan fingerprint density at radius 1 is 1.38 bits per heavy atom. The van der Waals surface area contributed by atoms with Crippen LogP contribution in [0.5, 0.6) is 0 Å². The van der Waals surface area contributed by atoms with Crippen LogP contribution in [0.15, 0.2) is 18.2 Å². The fourth-order valence-electron chi connectivity index (χ4n) is 2.50. The van der Waals surface area contributed by atoms with Crippen molar-refractivity contribution < 1.29 is 9.84 Å². The molecule has 0 spiro atoms. The molecule has 0 amide bonds. The van der Waals surface area contributed by atoms with E-state index in [1.54, 1.807) is 0 Å². The van der Waals surface area contributed by atoms with Gasteiger partial charge in [-0.3, -0.25) is 0 Å². The van der Waals surface area contributed by atoms with Gasteiger partial charge in [-0.05, 0) is 43.9 Å². The SMILES string of the molecule is Cc1cccc(C(C)(O)C2CCOC2)c1C. The molecule has 1 fully saturated rings. The fraction of sp³-hybridized carbons (Fsp3) is 0.571. The molecule has 0 saturated carbocycles. The Labute approximate surface area is 97.3 Å². The lowest BCUT2D eigenvalue weighted by atomic mass is 9.79. The molecule has 1 saturated heterocycles. The molecule has 0 bridgehead atoms. The van der Waals surface area contributed by atoms with Crippen molar-refractivity contribution in [1.29, 1.82) is 0 Å². The molecule has 0 aromatic heterocycles. The van der Waals surface area contributed by atoms with E-state index in [1.807, 2.05) is 19.1 Å². The number of rotatable bonds is 2. The first kappa shape index (κ1) is 11.6. The summed E-state index contributed by atoms with van der Waals surface area (Å²) in [7, 11) is 0. The lowest BCUT2D eigenvalue weighted by Gasteiger charge is -2.31. The summed E-state index contributed by atoms with van der Waals surface area (Å²) in [6.45, 7) is 7.51. The van der Waals surface area contributed by atoms with Crippen molar-refractivity contribution in [2.75, 3.05) is 13.2 Å². The second-order valence-corrected chi connectivity index (χ2v) is 4.96. The van der Waals surface area contributed by atoms with E-state index in [9.17, 15) is 5.11 Å². The average Bonchev–Trinajstić information content (AvgIpc) is 2.75. The van der Waals surface area contributed by atoms with Crippen molar-refractivity contribution in [3.05, 3.63) is 34.9 Å². The van der Waals surface area contributed by atoms with Crippen LogP contribution in [0, 0.1) is 19.8 Å². The first-order chi connectivity index (χ1) is 7.53. The Morgan fingerprint density at radius 2 is 2.12 bits per heavy atom. The first-order valence-electron chi connectivity index (χ1n) is 5.90. The zero-order valence-corrected chi connectivity index (χ0v) is 10.3. The van der Waals surface area contributed by atoms with Crippen LogP contribution in [0.2, 0.25) is 0 Å². The summed E-state index contributed by atoms with van der Waals surface area (Å²) in [6.07, 6.45) is 0.945. The minimum atomic E-state index is -0.771. The van der Waals surface area contributed by atoms with Gasteiger partial charge in [0.1, 0.15) is 0 Å². The highest BCUT2D eigenvalue weighted by Gasteiger charge is 2.37. The summed E-state index contributed by atoms with van der Waals surface area (Å²) < 4.78 is 5.38. The fourth-order valence-corrected chi connectivity index (χ4v) is 2.50. The molecule has 2 rings (SSSR count). The molecule has 88 valence electrons. The summed E-state index contributed by atoms with van der Waals surface area (Å²) in [5.41, 5.74) is 2.70. The molecule has 2 heteroatoms. The number of hydrogen-bond acceptors (Lipinski definition) is 2. The molecule has 0 aliphatic carbocycles. The van der Waals surface area contributed by atoms with Gasteiger partial charge in [-0.1, -0.05) is 18.2 Å². The molecule has 2 atom stereocenters. The highest BCUT2D eigenvalue weighted by Crippen LogP contribution is 2.36. The first-order valence-corrected chi connectivity index (χ1v) is 5.90. The zero-order chi connectivity index (χ0) is 11.8. The zero-order valence-electron chi connectivity index (χ0n) is 10.3. The van der Waals surface area contributed by atoms with Gasteiger partial charge in [-0.2, -0.15) is 0 Å². The largest absolute Gasteiger partial charge is 0.385 e. The van der Waals surface area contributed by atoms with E-state index >= 15 is 0 Å². The molecule has 0 radical (unpaired) electrons. The van der Waals surface area contributed by atoms with Crippen LogP contribution in [0.4, 0.5) is 0 Å². The molecule has 16 heavy (non-hydrogen) atoms. The Bertz CT molecular complexity index is 376. The van der Waals surface area contributed by atoms with Crippen molar-refractivity contribution in [1.82, 2.24) is 0 Å². The molecule has 1 aliphatic rings. The minimum absolute atomic E-state index is 0.216. The number of aliphatic hydroxyl groups is 1. The molecular weight excluding hydrogens is 200 g/mol. The number of ether oxygens (including phenoxy) is 1. The summed E-state index contributed by atoms with van der Waals surface area (Å²) in [5.74, 6) is 0.216. The quantitative estimate of drug-likeness (QED) is 0.830. The maximum atomic E-state index is 10.7. The molecule has 1 N–H and O–H groups in total. The van der Waals surface area contributed by atoms with Crippen molar-refractivity contribution in [3.8, 4) is 0 Å². The molecular formula is C14H20O2. The molecule has 1 aliphatic heterocycles. The summed E-state index contributed by atoms with van der Waals surface area (Å²) in [6, 6.07) is 6.13. The molecule has 2 nitrogen and oxygen atoms in total. The van der Waals surface area contributed by atoms with Crippen LogP contribution < -0.4 is 0 Å². The van der Waals surface area contributed by atoms with E-state index in [1.165, 1.54) is 11.1 Å². The normalized spacial score (nSPS) is 24.4. The minimum Gasteiger partial charge on any atom is -0.385 e. The van der Waals surface area contributed by atoms with Crippen LogP contribution in [-0.4, -0.2) is 18.3 Å². The van der Waals surface area contributed by atoms with E-state index in [4.69, 9.17) is 4.74 Å². The van der Waals surface area contributed by atoms with Crippen LogP contribution in [-0.2, 0) is 10.3 Å². The average molecular weight is 220 g/mol. The van der Waals surface area contributed by atoms with Crippen LogP contribution in [0.25, 0.3) is 0 Å². The summed E-state index contributed by atoms with van der Waals surface area (Å²) >= 11 is 0. The predicted octanol–water partition coefficient (Wildman–Crippen LogP) is 2.55. The Hall–Kier alpha value is -0.860. The van der Waals surface area contributed by atoms with Crippen LogP contribution in [0.3, 0.4) is 0 Å². The Kier molecular flexibility index (Phi) is 3.04. The number of benzene rings is 1. The van der Waals surface area contributed by atoms with E-state index < -0.39 is 5.60 Å². The molecule has 2 unspecified atom stereocenters. The van der Waals surface area contributed by atoms with Gasteiger partial charge in [-0.25, -0.2) is 0 Å². The van der Waals surface area contributed by atoms with Crippen LogP contribution >= 0.6 is 0 Å². The third-order valence-corrected chi connectivity index (χ3v) is 3.87. The van der Waals surface area contributed by atoms with Gasteiger partial charge < -0.3 is 9.84 Å². The Morgan fingerprint density at radius 3 is 2.75 bits per heavy atom. The van der Waals surface area contributed by atoms with Gasteiger partial charge in [-0.15, -0.1) is 0 Å². The van der Waals surface area contributed by atoms with Gasteiger partial charge in [0.05, 0.1) is 12.2 Å². The van der Waals surface area contributed by atoms with Crippen LogP contribution in [0.1, 0.15) is 30.0 Å². The molecule has 1 aromatic rings. The van der Waals surface area contributed by atoms with Crippen molar-refractivity contribution in [3.63, 3.8) is 0 Å². The molecule has 1 heterocycles. The third-order valence-electron chi connectivity index (χ3n) is 3.87. The lowest BCUT2D eigenvalue weighted by Crippen LogP contribution is -2.33. The van der Waals surface area contributed by atoms with E-state index in [0.717, 1.165) is 18.6 Å². The van der Waals surface area contributed by atoms with Gasteiger partial charge in [0.25, 0.3) is 0 Å². The van der Waals surface area contributed by atoms with Gasteiger partial charge >= 0.3 is 0 Å². The van der Waals surface area contributed by atoms with Crippen molar-refractivity contribution >= 4 is 0 Å². The molecule has 1 aromatic carbocycles. The topological polar surface area (TPSA) is 29.5 Å². The predicted molar refractivity (Wildman–Crippen MR) is 64.4 cm³/mol. The maximum absolute atomic E-state index is 10.7. The standard InChI is InChI=1S/C14H20O2/c1-10-5-4-6-13(11(10)2)14(3,15)12-7-8-16-9-12/h4-6,12,15H,7-9H2,1-3H3. The second kappa shape index (κ2) is 4.19. The number of aryl methyl sites for hydroxylation is 1. The lowest BCUT2D eigenvalue weighted by molar-refractivity contribution is -0.0103. The second-order valence-electron chi connectivity index (χ2n) is 4.96. The van der Waals surface area contributed by atoms with E-state index in [-0.39, 0.29) is 5.92 Å². The van der Waals surface area contributed by atoms with E-state index in [0.29, 0.717) is 6.61 Å². The van der Waals surface area contributed by atoms with Crippen molar-refractivity contribution in [2.45, 2.75) is 32.8 Å². The highest BCUT2D eigenvalue weighted by molar-refractivity contribution is 5.37. The third kappa shape index (κ3) is 1.87. The van der Waals surface area contributed by atoms with Gasteiger partial charge in [0.15, 0.2) is 0 Å². The van der Waals surface area contributed by atoms with Crippen molar-refractivity contribution in [2.24, 2.45) is 5.92 Å². The summed E-state index contributed by atoms with van der Waals surface area (Å²) in [4.78, 5) is 0. The smallest absolute Gasteiger partial charge is 0.0922 e.